The zero-order valence-corrected chi connectivity index (χ0v) is 16.7. The van der Waals surface area contributed by atoms with Crippen molar-refractivity contribution < 1.29 is 20.1 Å². The number of phenols is 3. The molecule has 5 rings (SSSR count). The Labute approximate surface area is 179 Å². The number of aromatic amines is 1. The summed E-state index contributed by atoms with van der Waals surface area (Å²) in [5.41, 5.74) is 4.35. The number of benzene rings is 3. The van der Waals surface area contributed by atoms with Crippen LogP contribution in [0.4, 0.5) is 0 Å². The number of hydrogen-bond acceptors (Lipinski definition) is 4. The van der Waals surface area contributed by atoms with E-state index in [9.17, 15) is 20.1 Å². The van der Waals surface area contributed by atoms with Gasteiger partial charge in [-0.15, -0.1) is 0 Å². The van der Waals surface area contributed by atoms with Crippen LogP contribution in [0, 0.1) is 0 Å². The molecule has 156 valence electrons. The molecule has 6 nitrogen and oxygen atoms in total. The van der Waals surface area contributed by atoms with E-state index < -0.39 is 23.2 Å². The summed E-state index contributed by atoms with van der Waals surface area (Å²) in [7, 11) is 0. The van der Waals surface area contributed by atoms with Crippen LogP contribution in [0.25, 0.3) is 10.9 Å². The Bertz CT molecular complexity index is 1270. The largest absolute Gasteiger partial charge is 0.504 e. The molecule has 4 aromatic rings. The number of aromatic nitrogens is 1. The standard InChI is InChI=1S/C25H22N2O4/c28-22-10-9-20(23(29)24(22)30)25(31)27(18-11-15-5-1-2-6-16(15)12-18)14-17-13-26-21-8-4-3-7-19(17)21/h1-10,13,18,26,28-30H,11-12,14H2. The number of carbonyl (C=O) groups is 1. The molecule has 0 atom stereocenters. The van der Waals surface area contributed by atoms with Gasteiger partial charge in [-0.05, 0) is 47.7 Å². The van der Waals surface area contributed by atoms with Gasteiger partial charge in [-0.1, -0.05) is 42.5 Å². The van der Waals surface area contributed by atoms with E-state index in [1.54, 1.807) is 4.90 Å². The fraction of sp³-hybridized carbons (Fsp3) is 0.160. The summed E-state index contributed by atoms with van der Waals surface area (Å²) >= 11 is 0. The van der Waals surface area contributed by atoms with Crippen molar-refractivity contribution in [3.05, 3.63) is 89.1 Å². The van der Waals surface area contributed by atoms with Gasteiger partial charge in [0.05, 0.1) is 5.56 Å². The highest BCUT2D eigenvalue weighted by atomic mass is 16.3. The van der Waals surface area contributed by atoms with Gasteiger partial charge in [0.1, 0.15) is 0 Å². The number of carbonyl (C=O) groups excluding carboxylic acids is 1. The number of H-pyrrole nitrogens is 1. The zero-order valence-electron chi connectivity index (χ0n) is 16.7. The molecule has 0 fully saturated rings. The van der Waals surface area contributed by atoms with Gasteiger partial charge in [0.25, 0.3) is 5.91 Å². The van der Waals surface area contributed by atoms with Crippen molar-refractivity contribution in [3.8, 4) is 17.2 Å². The minimum Gasteiger partial charge on any atom is -0.504 e. The van der Waals surface area contributed by atoms with E-state index in [-0.39, 0.29) is 11.6 Å². The fourth-order valence-corrected chi connectivity index (χ4v) is 4.46. The van der Waals surface area contributed by atoms with Crippen LogP contribution in [0.2, 0.25) is 0 Å². The van der Waals surface area contributed by atoms with E-state index in [0.29, 0.717) is 6.54 Å². The number of hydrogen-bond donors (Lipinski definition) is 4. The molecule has 0 saturated carbocycles. The molecule has 1 aliphatic rings. The first-order valence-electron chi connectivity index (χ1n) is 10.2. The molecule has 0 spiro atoms. The summed E-state index contributed by atoms with van der Waals surface area (Å²) in [6, 6.07) is 18.5. The molecule has 0 bridgehead atoms. The molecule has 0 radical (unpaired) electrons. The van der Waals surface area contributed by atoms with Gasteiger partial charge < -0.3 is 25.2 Å². The van der Waals surface area contributed by atoms with Crippen molar-refractivity contribution in [2.45, 2.75) is 25.4 Å². The molecule has 3 aromatic carbocycles. The smallest absolute Gasteiger partial charge is 0.258 e. The molecule has 1 aliphatic carbocycles. The Morgan fingerprint density at radius 2 is 1.58 bits per heavy atom. The summed E-state index contributed by atoms with van der Waals surface area (Å²) in [5, 5.41) is 31.0. The van der Waals surface area contributed by atoms with E-state index in [2.05, 4.69) is 17.1 Å². The van der Waals surface area contributed by atoms with Crippen molar-refractivity contribution >= 4 is 16.8 Å². The van der Waals surface area contributed by atoms with E-state index in [0.717, 1.165) is 29.3 Å². The van der Waals surface area contributed by atoms with Crippen LogP contribution in [0.3, 0.4) is 0 Å². The predicted octanol–water partition coefficient (Wildman–Crippen LogP) is 4.09. The Kier molecular flexibility index (Phi) is 4.55. The summed E-state index contributed by atoms with van der Waals surface area (Å²) in [6.07, 6.45) is 3.34. The molecule has 1 heterocycles. The number of para-hydroxylation sites is 1. The van der Waals surface area contributed by atoms with E-state index in [4.69, 9.17) is 0 Å². The van der Waals surface area contributed by atoms with E-state index in [1.165, 1.54) is 23.3 Å². The van der Waals surface area contributed by atoms with Crippen molar-refractivity contribution in [2.24, 2.45) is 0 Å². The third-order valence-electron chi connectivity index (χ3n) is 6.11. The average Bonchev–Trinajstić information content (AvgIpc) is 3.39. The normalized spacial score (nSPS) is 13.4. The molecule has 4 N–H and O–H groups in total. The van der Waals surface area contributed by atoms with Crippen molar-refractivity contribution in [1.82, 2.24) is 9.88 Å². The first kappa shape index (κ1) is 19.1. The molecular formula is C25H22N2O4. The molecule has 1 aromatic heterocycles. The third kappa shape index (κ3) is 3.26. The summed E-state index contributed by atoms with van der Waals surface area (Å²) < 4.78 is 0. The average molecular weight is 414 g/mol. The van der Waals surface area contributed by atoms with Crippen molar-refractivity contribution in [1.29, 1.82) is 0 Å². The topological polar surface area (TPSA) is 96.8 Å². The molecule has 1 amide bonds. The summed E-state index contributed by atoms with van der Waals surface area (Å²) in [5.74, 6) is -2.15. The lowest BCUT2D eigenvalue weighted by Gasteiger charge is -2.29. The van der Waals surface area contributed by atoms with Gasteiger partial charge >= 0.3 is 0 Å². The second-order valence-electron chi connectivity index (χ2n) is 7.95. The Balaban J connectivity index is 1.55. The Morgan fingerprint density at radius 1 is 0.903 bits per heavy atom. The molecule has 0 unspecified atom stereocenters. The number of fused-ring (bicyclic) bond motifs is 2. The lowest BCUT2D eigenvalue weighted by Crippen LogP contribution is -2.40. The SMILES string of the molecule is O=C(c1ccc(O)c(O)c1O)N(Cc1c[nH]c2ccccc12)C1Cc2ccccc2C1. The van der Waals surface area contributed by atoms with Crippen LogP contribution < -0.4 is 0 Å². The minimum atomic E-state index is -0.687. The van der Waals surface area contributed by atoms with Crippen LogP contribution >= 0.6 is 0 Å². The number of rotatable bonds is 4. The summed E-state index contributed by atoms with van der Waals surface area (Å²) in [6.45, 7) is 0.350. The van der Waals surface area contributed by atoms with Gasteiger partial charge in [0, 0.05) is 29.7 Å². The molecule has 0 aliphatic heterocycles. The van der Waals surface area contributed by atoms with E-state index in [1.807, 2.05) is 42.6 Å². The lowest BCUT2D eigenvalue weighted by atomic mass is 10.1. The number of phenolic OH excluding ortho intramolecular Hbond substituents is 3. The maximum absolute atomic E-state index is 13.6. The van der Waals surface area contributed by atoms with Gasteiger partial charge in [0.2, 0.25) is 5.75 Å². The number of nitrogens with one attached hydrogen (secondary N) is 1. The molecular weight excluding hydrogens is 392 g/mol. The van der Waals surface area contributed by atoms with Gasteiger partial charge in [-0.3, -0.25) is 4.79 Å². The van der Waals surface area contributed by atoms with E-state index >= 15 is 0 Å². The van der Waals surface area contributed by atoms with Crippen LogP contribution in [0.5, 0.6) is 17.2 Å². The maximum Gasteiger partial charge on any atom is 0.258 e. The monoisotopic (exact) mass is 414 g/mol. The Hall–Kier alpha value is -3.93. The van der Waals surface area contributed by atoms with Crippen LogP contribution in [-0.4, -0.2) is 37.2 Å². The highest BCUT2D eigenvalue weighted by Crippen LogP contribution is 2.38. The van der Waals surface area contributed by atoms with Crippen molar-refractivity contribution in [3.63, 3.8) is 0 Å². The molecule has 6 heteroatoms. The quantitative estimate of drug-likeness (QED) is 0.378. The fourth-order valence-electron chi connectivity index (χ4n) is 4.46. The van der Waals surface area contributed by atoms with Gasteiger partial charge in [-0.2, -0.15) is 0 Å². The number of nitrogens with zero attached hydrogens (tertiary/aromatic N) is 1. The van der Waals surface area contributed by atoms with Gasteiger partial charge in [-0.25, -0.2) is 0 Å². The first-order valence-corrected chi connectivity index (χ1v) is 10.2. The molecule has 31 heavy (non-hydrogen) atoms. The first-order chi connectivity index (χ1) is 15.0. The zero-order chi connectivity index (χ0) is 21.5. The van der Waals surface area contributed by atoms with Crippen LogP contribution in [-0.2, 0) is 19.4 Å². The lowest BCUT2D eigenvalue weighted by molar-refractivity contribution is 0.0665. The highest BCUT2D eigenvalue weighted by molar-refractivity contribution is 5.98. The Morgan fingerprint density at radius 3 is 2.32 bits per heavy atom. The number of amides is 1. The third-order valence-corrected chi connectivity index (χ3v) is 6.11. The van der Waals surface area contributed by atoms with Crippen molar-refractivity contribution in [2.75, 3.05) is 0 Å². The second kappa shape index (κ2) is 7.40. The molecule has 0 saturated heterocycles. The van der Waals surface area contributed by atoms with Gasteiger partial charge in [0.15, 0.2) is 11.5 Å². The minimum absolute atomic E-state index is 0.0360. The van der Waals surface area contributed by atoms with Crippen LogP contribution in [0.15, 0.2) is 66.9 Å². The second-order valence-corrected chi connectivity index (χ2v) is 7.95. The highest BCUT2D eigenvalue weighted by Gasteiger charge is 2.32. The van der Waals surface area contributed by atoms with Crippen LogP contribution in [0.1, 0.15) is 27.0 Å². The number of aromatic hydroxyl groups is 3. The summed E-state index contributed by atoms with van der Waals surface area (Å²) in [4.78, 5) is 18.6. The predicted molar refractivity (Wildman–Crippen MR) is 117 cm³/mol. The maximum atomic E-state index is 13.6.